The van der Waals surface area contributed by atoms with E-state index in [2.05, 4.69) is 39.2 Å². The zero-order valence-electron chi connectivity index (χ0n) is 12.1. The first-order chi connectivity index (χ1) is 11.3. The molecule has 0 atom stereocenters. The summed E-state index contributed by atoms with van der Waals surface area (Å²) in [4.78, 5) is 13.0. The third-order valence-corrected chi connectivity index (χ3v) is 3.86. The van der Waals surface area contributed by atoms with Gasteiger partial charge in [0.2, 0.25) is 5.28 Å². The Balaban J connectivity index is 1.83. The first kappa shape index (κ1) is 13.9. The molecule has 23 heavy (non-hydrogen) atoms. The van der Waals surface area contributed by atoms with Crippen molar-refractivity contribution in [3.63, 3.8) is 0 Å². The molecule has 0 fully saturated rings. The summed E-state index contributed by atoms with van der Waals surface area (Å²) < 4.78 is 0. The Kier molecular flexibility index (Phi) is 3.48. The van der Waals surface area contributed by atoms with Crippen LogP contribution in [0.15, 0.2) is 72.9 Å². The van der Waals surface area contributed by atoms with E-state index in [4.69, 9.17) is 11.6 Å². The molecule has 0 saturated heterocycles. The molecule has 3 nitrogen and oxygen atoms in total. The van der Waals surface area contributed by atoms with Gasteiger partial charge in [-0.25, -0.2) is 9.97 Å². The molecule has 110 valence electrons. The lowest BCUT2D eigenvalue weighted by molar-refractivity contribution is 1.20. The number of hydrogen-bond acceptors (Lipinski definition) is 3. The van der Waals surface area contributed by atoms with Crippen LogP contribution in [0.25, 0.3) is 33.4 Å². The second-order valence-corrected chi connectivity index (χ2v) is 5.49. The number of pyridine rings is 1. The Morgan fingerprint density at radius 1 is 0.652 bits per heavy atom. The van der Waals surface area contributed by atoms with Gasteiger partial charge in [-0.3, -0.25) is 4.98 Å². The number of fused-ring (bicyclic) bond motifs is 1. The van der Waals surface area contributed by atoms with Gasteiger partial charge < -0.3 is 0 Å². The van der Waals surface area contributed by atoms with Crippen LogP contribution in [-0.2, 0) is 0 Å². The second kappa shape index (κ2) is 5.78. The first-order valence-electron chi connectivity index (χ1n) is 7.25. The van der Waals surface area contributed by atoms with Gasteiger partial charge in [0.05, 0.1) is 5.52 Å². The highest BCUT2D eigenvalue weighted by Gasteiger charge is 2.10. The van der Waals surface area contributed by atoms with E-state index in [1.165, 1.54) is 5.56 Å². The van der Waals surface area contributed by atoms with Crippen molar-refractivity contribution in [2.75, 3.05) is 0 Å². The van der Waals surface area contributed by atoms with Crippen molar-refractivity contribution in [1.82, 2.24) is 15.0 Å². The number of halogens is 1. The van der Waals surface area contributed by atoms with Gasteiger partial charge in [0.25, 0.3) is 0 Å². The molecular weight excluding hydrogens is 306 g/mol. The molecule has 4 rings (SSSR count). The predicted molar refractivity (Wildman–Crippen MR) is 93.2 cm³/mol. The molecule has 4 heteroatoms. The fourth-order valence-electron chi connectivity index (χ4n) is 2.59. The Bertz CT molecular complexity index is 967. The zero-order valence-corrected chi connectivity index (χ0v) is 12.9. The summed E-state index contributed by atoms with van der Waals surface area (Å²) >= 11 is 6.05. The second-order valence-electron chi connectivity index (χ2n) is 5.16. The van der Waals surface area contributed by atoms with E-state index in [0.717, 1.165) is 27.9 Å². The third kappa shape index (κ3) is 2.67. The molecule has 2 aromatic carbocycles. The van der Waals surface area contributed by atoms with E-state index in [0.29, 0.717) is 0 Å². The third-order valence-electron chi connectivity index (χ3n) is 3.69. The van der Waals surface area contributed by atoms with Crippen LogP contribution in [0.1, 0.15) is 0 Å². The van der Waals surface area contributed by atoms with E-state index < -0.39 is 0 Å². The van der Waals surface area contributed by atoms with Crippen LogP contribution < -0.4 is 0 Å². The Morgan fingerprint density at radius 2 is 1.35 bits per heavy atom. The highest BCUT2D eigenvalue weighted by Crippen LogP contribution is 2.28. The monoisotopic (exact) mass is 317 g/mol. The normalized spacial score (nSPS) is 10.8. The summed E-state index contributed by atoms with van der Waals surface area (Å²) in [6.45, 7) is 0. The highest BCUT2D eigenvalue weighted by molar-refractivity contribution is 6.28. The van der Waals surface area contributed by atoms with Crippen LogP contribution in [0.2, 0.25) is 5.28 Å². The van der Waals surface area contributed by atoms with E-state index >= 15 is 0 Å². The van der Waals surface area contributed by atoms with Gasteiger partial charge >= 0.3 is 0 Å². The van der Waals surface area contributed by atoms with Crippen LogP contribution >= 0.6 is 11.6 Å². The van der Waals surface area contributed by atoms with Gasteiger partial charge in [0.1, 0.15) is 11.2 Å². The van der Waals surface area contributed by atoms with Crippen LogP contribution in [0.4, 0.5) is 0 Å². The minimum absolute atomic E-state index is 0.229. The van der Waals surface area contributed by atoms with Crippen molar-refractivity contribution in [2.45, 2.75) is 0 Å². The summed E-state index contributed by atoms with van der Waals surface area (Å²) in [6, 6.07) is 22.2. The van der Waals surface area contributed by atoms with Crippen LogP contribution in [-0.4, -0.2) is 15.0 Å². The van der Waals surface area contributed by atoms with Crippen molar-refractivity contribution < 1.29 is 0 Å². The van der Waals surface area contributed by atoms with Gasteiger partial charge in [0, 0.05) is 11.8 Å². The molecule has 0 aliphatic rings. The number of benzene rings is 2. The Labute approximate surface area is 138 Å². The van der Waals surface area contributed by atoms with Gasteiger partial charge in [-0.05, 0) is 34.9 Å². The van der Waals surface area contributed by atoms with Crippen molar-refractivity contribution in [3.8, 4) is 22.4 Å². The molecule has 0 unspecified atom stereocenters. The van der Waals surface area contributed by atoms with Gasteiger partial charge in [-0.2, -0.15) is 0 Å². The maximum atomic E-state index is 6.05. The standard InChI is InChI=1S/C19H12ClN3/c20-19-22-16-7-4-12-21-18(16)17(23-19)15-10-8-14(9-11-15)13-5-2-1-3-6-13/h1-12H. The average Bonchev–Trinajstić information content (AvgIpc) is 2.62. The van der Waals surface area contributed by atoms with Crippen LogP contribution in [0, 0.1) is 0 Å². The van der Waals surface area contributed by atoms with Crippen LogP contribution in [0.5, 0.6) is 0 Å². The number of nitrogens with zero attached hydrogens (tertiary/aromatic N) is 3. The maximum Gasteiger partial charge on any atom is 0.223 e. The minimum Gasteiger partial charge on any atom is -0.252 e. The minimum atomic E-state index is 0.229. The van der Waals surface area contributed by atoms with Crippen molar-refractivity contribution in [3.05, 3.63) is 78.2 Å². The largest absolute Gasteiger partial charge is 0.252 e. The topological polar surface area (TPSA) is 38.7 Å². The van der Waals surface area contributed by atoms with Gasteiger partial charge in [-0.15, -0.1) is 0 Å². The lowest BCUT2D eigenvalue weighted by Crippen LogP contribution is -1.93. The molecule has 0 aliphatic heterocycles. The summed E-state index contributed by atoms with van der Waals surface area (Å²) in [7, 11) is 0. The summed E-state index contributed by atoms with van der Waals surface area (Å²) in [5.74, 6) is 0. The van der Waals surface area contributed by atoms with E-state index in [1.54, 1.807) is 6.20 Å². The fourth-order valence-corrected chi connectivity index (χ4v) is 2.77. The number of hydrogen-bond donors (Lipinski definition) is 0. The Morgan fingerprint density at radius 3 is 2.13 bits per heavy atom. The zero-order chi connectivity index (χ0) is 15.6. The molecule has 4 aromatic rings. The van der Waals surface area contributed by atoms with E-state index in [-0.39, 0.29) is 5.28 Å². The first-order valence-corrected chi connectivity index (χ1v) is 7.63. The molecular formula is C19H12ClN3. The summed E-state index contributed by atoms with van der Waals surface area (Å²) in [5, 5.41) is 0.229. The average molecular weight is 318 g/mol. The lowest BCUT2D eigenvalue weighted by atomic mass is 10.0. The predicted octanol–water partition coefficient (Wildman–Crippen LogP) is 5.01. The van der Waals surface area contributed by atoms with Crippen molar-refractivity contribution in [2.24, 2.45) is 0 Å². The summed E-state index contributed by atoms with van der Waals surface area (Å²) in [6.07, 6.45) is 1.74. The maximum absolute atomic E-state index is 6.05. The number of rotatable bonds is 2. The number of aromatic nitrogens is 3. The fraction of sp³-hybridized carbons (Fsp3) is 0. The van der Waals surface area contributed by atoms with Crippen molar-refractivity contribution >= 4 is 22.6 Å². The smallest absolute Gasteiger partial charge is 0.223 e. The molecule has 0 radical (unpaired) electrons. The molecule has 0 saturated carbocycles. The van der Waals surface area contributed by atoms with Gasteiger partial charge in [-0.1, -0.05) is 54.6 Å². The molecule has 0 N–H and O–H groups in total. The van der Waals surface area contributed by atoms with Crippen molar-refractivity contribution in [1.29, 1.82) is 0 Å². The molecule has 2 aromatic heterocycles. The quantitative estimate of drug-likeness (QED) is 0.488. The molecule has 0 aliphatic carbocycles. The Hall–Kier alpha value is -2.78. The van der Waals surface area contributed by atoms with Gasteiger partial charge in [0.15, 0.2) is 0 Å². The van der Waals surface area contributed by atoms with E-state index in [1.807, 2.05) is 42.5 Å². The molecule has 0 spiro atoms. The van der Waals surface area contributed by atoms with E-state index in [9.17, 15) is 0 Å². The molecule has 0 amide bonds. The molecule has 0 bridgehead atoms. The molecule has 2 heterocycles. The lowest BCUT2D eigenvalue weighted by Gasteiger charge is -2.07. The summed E-state index contributed by atoms with van der Waals surface area (Å²) in [5.41, 5.74) is 5.56. The highest BCUT2D eigenvalue weighted by atomic mass is 35.5. The SMILES string of the molecule is Clc1nc(-c2ccc(-c3ccccc3)cc2)c2ncccc2n1. The van der Waals surface area contributed by atoms with Crippen LogP contribution in [0.3, 0.4) is 0 Å².